The molecule has 26 heavy (non-hydrogen) atoms. The van der Waals surface area contributed by atoms with Crippen LogP contribution in [0.2, 0.25) is 0 Å². The van der Waals surface area contributed by atoms with Crippen LogP contribution in [0.1, 0.15) is 13.3 Å². The standard InChI is InChI=1S/C10H26N10O6/c1-6-10(7-24-18(21)15(3)11,8-25-19(22)16(4)12)9-26-20(23)17(5)14-13-2/h11-12,17-20H,2-4,6-9H2,1,5H3. The molecule has 0 saturated carbocycles. The van der Waals surface area contributed by atoms with Crippen LogP contribution in [0.25, 0.3) is 17.2 Å². The Labute approximate surface area is 150 Å². The second kappa shape index (κ2) is 11.6. The summed E-state index contributed by atoms with van der Waals surface area (Å²) < 4.78 is 0. The van der Waals surface area contributed by atoms with Gasteiger partial charge in [-0.2, -0.15) is 9.96 Å². The van der Waals surface area contributed by atoms with Crippen molar-refractivity contribution in [1.29, 1.82) is 0 Å². The number of hydrogen-bond donors (Lipinski definition) is 4. The molecule has 0 aromatic rings. The van der Waals surface area contributed by atoms with Gasteiger partial charge in [-0.15, -0.1) is 9.68 Å². The van der Waals surface area contributed by atoms with Gasteiger partial charge in [-0.3, -0.25) is 0 Å². The van der Waals surface area contributed by atoms with Crippen molar-refractivity contribution in [3.8, 4) is 0 Å². The van der Waals surface area contributed by atoms with Crippen molar-refractivity contribution in [2.45, 2.75) is 13.3 Å². The lowest BCUT2D eigenvalue weighted by atomic mass is 9.88. The predicted octanol–water partition coefficient (Wildman–Crippen LogP) is -5.15. The minimum atomic E-state index is -1.12. The topological polar surface area (TPSA) is 195 Å². The Morgan fingerprint density at radius 1 is 1.04 bits per heavy atom. The Morgan fingerprint density at radius 3 is 1.81 bits per heavy atom. The molecule has 0 aliphatic rings. The molecule has 152 valence electrons. The molecule has 0 amide bonds. The van der Waals surface area contributed by atoms with Crippen LogP contribution in [0.5, 0.6) is 0 Å². The van der Waals surface area contributed by atoms with Gasteiger partial charge >= 0.3 is 0 Å². The van der Waals surface area contributed by atoms with Crippen LogP contribution in [-0.2, 0) is 14.5 Å². The van der Waals surface area contributed by atoms with Crippen molar-refractivity contribution in [2.75, 3.05) is 26.9 Å². The molecule has 0 aromatic heterocycles. The van der Waals surface area contributed by atoms with E-state index in [0.717, 1.165) is 0 Å². The van der Waals surface area contributed by atoms with Crippen molar-refractivity contribution in [3.63, 3.8) is 0 Å². The summed E-state index contributed by atoms with van der Waals surface area (Å²) in [5.74, 6) is 14.1. The Bertz CT molecular complexity index is 444. The van der Waals surface area contributed by atoms with E-state index in [1.807, 2.05) is 0 Å². The van der Waals surface area contributed by atoms with E-state index in [-0.39, 0.29) is 40.9 Å². The highest BCUT2D eigenvalue weighted by atomic mass is 16.9. The average Bonchev–Trinajstić information content (AvgIpc) is 2.60. The third-order valence-electron chi connectivity index (χ3n) is 3.22. The molecule has 4 unspecified atom stereocenters. The lowest BCUT2D eigenvalue weighted by molar-refractivity contribution is -1.54. The number of quaternary nitrogens is 4. The summed E-state index contributed by atoms with van der Waals surface area (Å²) in [4.78, 5) is 15.4. The van der Waals surface area contributed by atoms with E-state index in [0.29, 0.717) is 0 Å². The van der Waals surface area contributed by atoms with E-state index in [1.54, 1.807) is 6.92 Å². The Balaban J connectivity index is 5.05. The quantitative estimate of drug-likeness (QED) is 0.124. The van der Waals surface area contributed by atoms with Gasteiger partial charge in [-0.25, -0.2) is 0 Å². The molecule has 0 heterocycles. The average molecular weight is 382 g/mol. The molecule has 0 aromatic carbocycles. The molecule has 0 bridgehead atoms. The SMILES string of the molecule is C=N[N-][NH+](C)[NH+]([O-])OCC(CC)(CO[NH+]([O-])[N+](=C)[NH-])CO[NH+]([O-])[N+](=C)[NH-]. The molecule has 16 nitrogen and oxygen atoms in total. The van der Waals surface area contributed by atoms with Crippen LogP contribution in [0.15, 0.2) is 5.10 Å². The van der Waals surface area contributed by atoms with Gasteiger partial charge in [0.2, 0.25) is 0 Å². The fourth-order valence-corrected chi connectivity index (χ4v) is 1.49. The maximum atomic E-state index is 11.8. The fraction of sp³-hybridized carbons (Fsp3) is 0.700. The Morgan fingerprint density at radius 2 is 1.46 bits per heavy atom. The largest absolute Gasteiger partial charge is 0.550 e. The Hall–Kier alpha value is -1.99. The maximum absolute atomic E-state index is 11.8. The van der Waals surface area contributed by atoms with Crippen LogP contribution in [-0.4, -0.2) is 56.6 Å². The van der Waals surface area contributed by atoms with Crippen molar-refractivity contribution >= 4 is 20.2 Å². The first-order chi connectivity index (χ1) is 12.1. The Kier molecular flexibility index (Phi) is 10.7. The van der Waals surface area contributed by atoms with Crippen molar-refractivity contribution in [1.82, 2.24) is 0 Å². The van der Waals surface area contributed by atoms with Crippen molar-refractivity contribution in [2.24, 2.45) is 10.5 Å². The van der Waals surface area contributed by atoms with Crippen LogP contribution < -0.4 is 21.1 Å². The van der Waals surface area contributed by atoms with Crippen molar-refractivity contribution in [3.05, 3.63) is 32.8 Å². The molecule has 0 fully saturated rings. The van der Waals surface area contributed by atoms with Gasteiger partial charge < -0.3 is 37.9 Å². The van der Waals surface area contributed by atoms with E-state index < -0.39 is 21.4 Å². The van der Waals surface area contributed by atoms with E-state index in [9.17, 15) is 15.6 Å². The van der Waals surface area contributed by atoms with E-state index >= 15 is 0 Å². The minimum absolute atomic E-state index is 0.0517. The molecule has 0 radical (unpaired) electrons. The van der Waals surface area contributed by atoms with Gasteiger partial charge in [0, 0.05) is 0 Å². The first-order valence-corrected chi connectivity index (χ1v) is 7.23. The molecule has 0 rings (SSSR count). The van der Waals surface area contributed by atoms with E-state index in [2.05, 4.69) is 30.8 Å². The van der Waals surface area contributed by atoms with Crippen LogP contribution in [0, 0.1) is 21.0 Å². The van der Waals surface area contributed by atoms with Crippen LogP contribution in [0.3, 0.4) is 0 Å². The lowest BCUT2D eigenvalue weighted by Crippen LogP contribution is -3.54. The monoisotopic (exact) mass is 382 g/mol. The molecule has 0 aliphatic heterocycles. The number of rotatable bonds is 15. The number of nitrogens with zero attached hydrogens (tertiary/aromatic N) is 4. The summed E-state index contributed by atoms with van der Waals surface area (Å²) in [7, 11) is 1.37. The van der Waals surface area contributed by atoms with E-state index in [4.69, 9.17) is 26.2 Å². The van der Waals surface area contributed by atoms with Gasteiger partial charge in [0.05, 0.1) is 5.41 Å². The highest BCUT2D eigenvalue weighted by Gasteiger charge is 2.36. The first-order valence-electron chi connectivity index (χ1n) is 7.23. The van der Waals surface area contributed by atoms with Crippen LogP contribution in [0.4, 0.5) is 0 Å². The zero-order valence-electron chi connectivity index (χ0n) is 14.7. The molecule has 4 atom stereocenters. The lowest BCUT2D eigenvalue weighted by Gasteiger charge is -2.35. The third kappa shape index (κ3) is 8.40. The van der Waals surface area contributed by atoms with Gasteiger partial charge in [0.15, 0.2) is 13.4 Å². The predicted molar refractivity (Wildman–Crippen MR) is 86.8 cm³/mol. The highest BCUT2D eigenvalue weighted by molar-refractivity contribution is 5.23. The zero-order chi connectivity index (χ0) is 20.3. The number of nitrogens with one attached hydrogen (secondary N) is 6. The summed E-state index contributed by atoms with van der Waals surface area (Å²) in [6, 6.07) is 0. The second-order valence-corrected chi connectivity index (χ2v) is 5.22. The van der Waals surface area contributed by atoms with Crippen LogP contribution >= 0.6 is 0 Å². The zero-order valence-corrected chi connectivity index (χ0v) is 14.7. The van der Waals surface area contributed by atoms with Gasteiger partial charge in [-0.05, 0) is 23.8 Å². The second-order valence-electron chi connectivity index (χ2n) is 5.22. The molecule has 0 saturated heterocycles. The summed E-state index contributed by atoms with van der Waals surface area (Å²) in [6.07, 6.45) is 0.265. The molecular formula is C10H26N10O6. The maximum Gasteiger partial charge on any atom is 0.187 e. The van der Waals surface area contributed by atoms with Crippen molar-refractivity contribution < 1.29 is 45.2 Å². The smallest absolute Gasteiger partial charge is 0.187 e. The molecule has 16 heteroatoms. The summed E-state index contributed by atoms with van der Waals surface area (Å²) in [5.41, 5.74) is 2.34. The third-order valence-corrected chi connectivity index (χ3v) is 3.22. The van der Waals surface area contributed by atoms with Gasteiger partial charge in [0.1, 0.15) is 26.9 Å². The van der Waals surface area contributed by atoms with Gasteiger partial charge in [-0.1, -0.05) is 21.8 Å². The number of hydrogen-bond acceptors (Lipinski definition) is 7. The minimum Gasteiger partial charge on any atom is -0.550 e. The summed E-state index contributed by atoms with van der Waals surface area (Å²) in [6.45, 7) is 9.97. The normalized spacial score (nSPS) is 18.2. The molecule has 0 spiro atoms. The highest BCUT2D eigenvalue weighted by Crippen LogP contribution is 2.22. The molecule has 6 N–H and O–H groups in total. The fourth-order valence-electron chi connectivity index (χ4n) is 1.49. The summed E-state index contributed by atoms with van der Waals surface area (Å²) in [5, 5.41) is 35.0. The summed E-state index contributed by atoms with van der Waals surface area (Å²) >= 11 is 0. The first kappa shape index (κ1) is 24.0. The molecule has 0 aliphatic carbocycles. The van der Waals surface area contributed by atoms with E-state index in [1.165, 1.54) is 7.05 Å². The van der Waals surface area contributed by atoms with Gasteiger partial charge in [0.25, 0.3) is 0 Å². The molecular weight excluding hydrogens is 356 g/mol.